The van der Waals surface area contributed by atoms with Crippen LogP contribution in [0, 0.1) is 0 Å². The Labute approximate surface area is 207 Å². The van der Waals surface area contributed by atoms with E-state index in [1.54, 1.807) is 18.4 Å². The number of aromatic nitrogens is 1. The maximum Gasteiger partial charge on any atom is 0.337 e. The number of rotatable bonds is 13. The molecular formula is C27H39BrN2O3. The monoisotopic (exact) mass is 518 g/mol. The molecule has 1 heterocycles. The summed E-state index contributed by atoms with van der Waals surface area (Å²) in [6.45, 7) is 13.5. The number of alkyl halides is 1. The summed E-state index contributed by atoms with van der Waals surface area (Å²) in [5, 5.41) is 1.20. The molecular weight excluding hydrogens is 480 g/mol. The fraction of sp³-hybridized carbons (Fsp3) is 0.481. The largest absolute Gasteiger partial charge is 0.492 e. The first-order valence-corrected chi connectivity index (χ1v) is 12.9. The van der Waals surface area contributed by atoms with Crippen LogP contribution in [0.25, 0.3) is 10.9 Å². The topological polar surface area (TPSA) is 52.8 Å². The molecule has 0 radical (unpaired) electrons. The number of esters is 1. The van der Waals surface area contributed by atoms with Gasteiger partial charge in [-0.2, -0.15) is 0 Å². The van der Waals surface area contributed by atoms with Gasteiger partial charge in [0, 0.05) is 23.3 Å². The van der Waals surface area contributed by atoms with Crippen molar-refractivity contribution in [2.24, 2.45) is 4.99 Å². The number of methoxy groups -OCH3 is 1. The quantitative estimate of drug-likeness (QED) is 0.0682. The Morgan fingerprint density at radius 3 is 2.55 bits per heavy atom. The number of hydrogen-bond acceptors (Lipinski definition) is 4. The average molecular weight is 520 g/mol. The third-order valence-corrected chi connectivity index (χ3v) is 5.50. The number of allylic oxidation sites excluding steroid dienone is 2. The maximum atomic E-state index is 12.1. The van der Waals surface area contributed by atoms with Crippen LogP contribution in [0.15, 0.2) is 53.9 Å². The van der Waals surface area contributed by atoms with E-state index in [0.29, 0.717) is 35.8 Å². The van der Waals surface area contributed by atoms with E-state index in [1.165, 1.54) is 18.1 Å². The number of nitrogens with zero attached hydrogens (tertiary/aromatic N) is 2. The van der Waals surface area contributed by atoms with E-state index in [9.17, 15) is 4.79 Å². The van der Waals surface area contributed by atoms with E-state index in [4.69, 9.17) is 9.47 Å². The lowest BCUT2D eigenvalue weighted by Crippen LogP contribution is -2.05. The van der Waals surface area contributed by atoms with Gasteiger partial charge in [0.15, 0.2) is 0 Å². The summed E-state index contributed by atoms with van der Waals surface area (Å²) in [5.74, 6) is 0.771. The smallest absolute Gasteiger partial charge is 0.337 e. The minimum atomic E-state index is -0.324. The van der Waals surface area contributed by atoms with Gasteiger partial charge in [-0.05, 0) is 48.6 Å². The van der Waals surface area contributed by atoms with Crippen LogP contribution in [0.1, 0.15) is 75.2 Å². The van der Waals surface area contributed by atoms with Crippen molar-refractivity contribution in [1.82, 2.24) is 4.57 Å². The highest BCUT2D eigenvalue weighted by Crippen LogP contribution is 2.34. The van der Waals surface area contributed by atoms with Gasteiger partial charge in [0.1, 0.15) is 12.4 Å². The molecule has 0 fully saturated rings. The molecule has 0 atom stereocenters. The Balaban J connectivity index is 0.00000265. The zero-order chi connectivity index (χ0) is 24.6. The van der Waals surface area contributed by atoms with E-state index in [2.05, 4.69) is 58.2 Å². The lowest BCUT2D eigenvalue weighted by molar-refractivity contribution is 0.0601. The zero-order valence-electron chi connectivity index (χ0n) is 20.8. The number of carbonyl (C=O) groups is 1. The predicted octanol–water partition coefficient (Wildman–Crippen LogP) is 7.65. The van der Waals surface area contributed by atoms with Crippen LogP contribution in [0.2, 0.25) is 0 Å². The Kier molecular flexibility index (Phi) is 14.2. The molecule has 0 aliphatic carbocycles. The highest BCUT2D eigenvalue weighted by molar-refractivity contribution is 9.09. The molecule has 2 rings (SSSR count). The first-order valence-electron chi connectivity index (χ1n) is 11.8. The Bertz CT molecular complexity index is 925. The van der Waals surface area contributed by atoms with Crippen LogP contribution in [0.5, 0.6) is 0 Å². The molecule has 0 aliphatic rings. The third kappa shape index (κ3) is 8.84. The maximum absolute atomic E-state index is 12.1. The van der Waals surface area contributed by atoms with E-state index in [0.717, 1.165) is 31.2 Å². The number of fused-ring (bicyclic) bond motifs is 1. The van der Waals surface area contributed by atoms with E-state index < -0.39 is 0 Å². The predicted molar refractivity (Wildman–Crippen MR) is 144 cm³/mol. The van der Waals surface area contributed by atoms with Crippen LogP contribution in [0.3, 0.4) is 0 Å². The summed E-state index contributed by atoms with van der Waals surface area (Å²) in [5.41, 5.74) is 3.50. The molecule has 0 amide bonds. The second-order valence-corrected chi connectivity index (χ2v) is 7.90. The van der Waals surface area contributed by atoms with Crippen molar-refractivity contribution >= 4 is 39.0 Å². The number of carbonyl (C=O) groups excluding carboxylic acids is 1. The summed E-state index contributed by atoms with van der Waals surface area (Å²) < 4.78 is 12.9. The molecule has 0 bridgehead atoms. The minimum Gasteiger partial charge on any atom is -0.492 e. The molecule has 2 aromatic rings. The molecule has 1 aromatic carbocycles. The number of hydrogen-bond donors (Lipinski definition) is 0. The normalized spacial score (nSPS) is 11.2. The molecule has 0 spiro atoms. The second kappa shape index (κ2) is 16.3. The van der Waals surface area contributed by atoms with Crippen molar-refractivity contribution in [3.8, 4) is 0 Å². The van der Waals surface area contributed by atoms with Crippen LogP contribution in [-0.4, -0.2) is 35.9 Å². The van der Waals surface area contributed by atoms with Crippen LogP contribution < -0.4 is 0 Å². The van der Waals surface area contributed by atoms with Crippen molar-refractivity contribution in [2.75, 3.05) is 19.2 Å². The van der Waals surface area contributed by atoms with Crippen molar-refractivity contribution in [3.05, 3.63) is 60.0 Å². The number of benzene rings is 1. The molecule has 33 heavy (non-hydrogen) atoms. The summed E-state index contributed by atoms with van der Waals surface area (Å²) in [6.07, 6.45) is 12.1. The SMILES string of the molecule is C=C(/C=C\C=N/CBr)OCCn1cc(C(CCC)CCC)c2ccc(C(=O)OC)cc21.CC. The molecule has 182 valence electrons. The van der Waals surface area contributed by atoms with Crippen molar-refractivity contribution in [3.63, 3.8) is 0 Å². The molecule has 1 aromatic heterocycles. The fourth-order valence-corrected chi connectivity index (χ4v) is 3.97. The Morgan fingerprint density at radius 2 is 1.94 bits per heavy atom. The minimum absolute atomic E-state index is 0.324. The molecule has 0 saturated carbocycles. The van der Waals surface area contributed by atoms with Gasteiger partial charge in [-0.3, -0.25) is 4.99 Å². The van der Waals surface area contributed by atoms with Crippen LogP contribution in [0.4, 0.5) is 0 Å². The highest BCUT2D eigenvalue weighted by atomic mass is 79.9. The summed E-state index contributed by atoms with van der Waals surface area (Å²) in [4.78, 5) is 16.1. The average Bonchev–Trinajstić information content (AvgIpc) is 3.20. The number of aliphatic imine (C=N–C) groups is 1. The van der Waals surface area contributed by atoms with Gasteiger partial charge >= 0.3 is 5.97 Å². The van der Waals surface area contributed by atoms with Crippen molar-refractivity contribution in [2.45, 2.75) is 65.8 Å². The van der Waals surface area contributed by atoms with Crippen molar-refractivity contribution < 1.29 is 14.3 Å². The van der Waals surface area contributed by atoms with Gasteiger partial charge in [0.2, 0.25) is 0 Å². The van der Waals surface area contributed by atoms with Gasteiger partial charge in [0.05, 0.1) is 24.7 Å². The first-order chi connectivity index (χ1) is 16.0. The van der Waals surface area contributed by atoms with Crippen LogP contribution >= 0.6 is 15.9 Å². The van der Waals surface area contributed by atoms with Gasteiger partial charge in [-0.25, -0.2) is 4.79 Å². The van der Waals surface area contributed by atoms with Gasteiger partial charge < -0.3 is 14.0 Å². The Hall–Kier alpha value is -2.34. The number of halogens is 1. The van der Waals surface area contributed by atoms with E-state index in [-0.39, 0.29) is 5.97 Å². The lowest BCUT2D eigenvalue weighted by atomic mass is 9.90. The third-order valence-electron chi connectivity index (χ3n) is 5.21. The van der Waals surface area contributed by atoms with Gasteiger partial charge in [0.25, 0.3) is 0 Å². The summed E-state index contributed by atoms with van der Waals surface area (Å²) >= 11 is 3.24. The standard InChI is InChI=1S/C25H33BrN2O3.C2H6/c1-5-8-20(9-6-2)23-17-28(14-15-31-19(3)10-7-13-27-18-26)24-16-21(25(29)30-4)11-12-22(23)24;1-2/h7,10-13,16-17,20H,3,5-6,8-9,14-15,18H2,1-2,4H3;1-2H3/b10-7-,27-13-;. The van der Waals surface area contributed by atoms with Gasteiger partial charge in [-0.15, -0.1) is 0 Å². The van der Waals surface area contributed by atoms with E-state index in [1.807, 2.05) is 26.0 Å². The Morgan fingerprint density at radius 1 is 1.24 bits per heavy atom. The molecule has 5 nitrogen and oxygen atoms in total. The van der Waals surface area contributed by atoms with Gasteiger partial charge in [-0.1, -0.05) is 69.1 Å². The molecule has 0 unspecified atom stereocenters. The molecule has 0 N–H and O–H groups in total. The molecule has 6 heteroatoms. The van der Waals surface area contributed by atoms with Crippen LogP contribution in [-0.2, 0) is 16.0 Å². The highest BCUT2D eigenvalue weighted by Gasteiger charge is 2.18. The second-order valence-electron chi connectivity index (χ2n) is 7.40. The first kappa shape index (κ1) is 28.7. The lowest BCUT2D eigenvalue weighted by Gasteiger charge is -2.14. The summed E-state index contributed by atoms with van der Waals surface area (Å²) in [7, 11) is 1.41. The van der Waals surface area contributed by atoms with E-state index >= 15 is 0 Å². The zero-order valence-corrected chi connectivity index (χ0v) is 22.4. The molecule has 0 aliphatic heterocycles. The molecule has 0 saturated heterocycles. The van der Waals surface area contributed by atoms with Crippen molar-refractivity contribution in [1.29, 1.82) is 0 Å². The fourth-order valence-electron chi connectivity index (χ4n) is 3.80. The summed E-state index contributed by atoms with van der Waals surface area (Å²) in [6, 6.07) is 5.83. The number of ether oxygens (including phenoxy) is 2.